The van der Waals surface area contributed by atoms with Crippen molar-refractivity contribution in [2.45, 2.75) is 24.3 Å². The lowest BCUT2D eigenvalue weighted by molar-refractivity contribution is 0.572. The van der Waals surface area contributed by atoms with Gasteiger partial charge in [-0.1, -0.05) is 18.2 Å². The fourth-order valence-electron chi connectivity index (χ4n) is 1.79. The molecule has 6 heteroatoms. The molecular formula is C13H17N3O2S. The smallest absolute Gasteiger partial charge is 0.242 e. The Kier molecular flexibility index (Phi) is 4.14. The van der Waals surface area contributed by atoms with Crippen LogP contribution in [0.2, 0.25) is 0 Å². The highest BCUT2D eigenvalue weighted by Gasteiger charge is 2.17. The third-order valence-corrected chi connectivity index (χ3v) is 4.27. The van der Waals surface area contributed by atoms with Gasteiger partial charge in [-0.15, -0.1) is 0 Å². The van der Waals surface area contributed by atoms with Crippen molar-refractivity contribution < 1.29 is 8.42 Å². The van der Waals surface area contributed by atoms with Gasteiger partial charge in [0.2, 0.25) is 10.0 Å². The Labute approximate surface area is 112 Å². The second kappa shape index (κ2) is 5.64. The molecule has 1 atom stereocenters. The minimum Gasteiger partial charge on any atom is -0.328 e. The van der Waals surface area contributed by atoms with Gasteiger partial charge in [-0.2, -0.15) is 0 Å². The number of aromatic nitrogens is 1. The van der Waals surface area contributed by atoms with Crippen molar-refractivity contribution in [3.8, 4) is 0 Å². The first-order chi connectivity index (χ1) is 9.00. The van der Waals surface area contributed by atoms with Crippen LogP contribution in [-0.4, -0.2) is 26.0 Å². The summed E-state index contributed by atoms with van der Waals surface area (Å²) in [7, 11) is -3.55. The summed E-state index contributed by atoms with van der Waals surface area (Å²) in [6.45, 7) is 2.16. The Morgan fingerprint density at radius 3 is 2.79 bits per heavy atom. The Bertz CT molecular complexity index is 663. The molecule has 1 heterocycles. The predicted octanol–water partition coefficient (Wildman–Crippen LogP) is 1.25. The molecule has 0 aliphatic carbocycles. The number of hydrogen-bond acceptors (Lipinski definition) is 4. The molecule has 19 heavy (non-hydrogen) atoms. The van der Waals surface area contributed by atoms with Crippen molar-refractivity contribution in [2.75, 3.05) is 6.54 Å². The zero-order valence-corrected chi connectivity index (χ0v) is 11.5. The van der Waals surface area contributed by atoms with E-state index in [2.05, 4.69) is 9.71 Å². The lowest BCUT2D eigenvalue weighted by atomic mass is 10.2. The van der Waals surface area contributed by atoms with E-state index in [0.717, 1.165) is 5.39 Å². The van der Waals surface area contributed by atoms with Crippen LogP contribution in [0, 0.1) is 0 Å². The van der Waals surface area contributed by atoms with E-state index >= 15 is 0 Å². The summed E-state index contributed by atoms with van der Waals surface area (Å²) in [5.41, 5.74) is 6.09. The maximum atomic E-state index is 12.2. The summed E-state index contributed by atoms with van der Waals surface area (Å²) in [6.07, 6.45) is 2.18. The monoisotopic (exact) mass is 279 g/mol. The van der Waals surface area contributed by atoms with Crippen LogP contribution in [0.5, 0.6) is 0 Å². The number of nitrogens with one attached hydrogen (secondary N) is 1. The third-order valence-electron chi connectivity index (χ3n) is 2.78. The second-order valence-electron chi connectivity index (χ2n) is 4.50. The van der Waals surface area contributed by atoms with Gasteiger partial charge in [0.25, 0.3) is 0 Å². The van der Waals surface area contributed by atoms with E-state index in [4.69, 9.17) is 5.73 Å². The Hall–Kier alpha value is -1.50. The van der Waals surface area contributed by atoms with Gasteiger partial charge in [-0.25, -0.2) is 13.1 Å². The number of para-hydroxylation sites is 1. The highest BCUT2D eigenvalue weighted by atomic mass is 32.2. The standard InChI is InChI=1S/C13H17N3O2S/c1-10(14)7-9-16-19(17,18)12-6-2-4-11-5-3-8-15-13(11)12/h2-6,8,10,16H,7,9,14H2,1H3/t10-/m0/s1. The number of rotatable bonds is 5. The van der Waals surface area contributed by atoms with Crippen molar-refractivity contribution in [1.29, 1.82) is 0 Å². The quantitative estimate of drug-likeness (QED) is 0.862. The molecule has 0 saturated carbocycles. The molecule has 0 aliphatic rings. The minimum absolute atomic E-state index is 0.0339. The number of pyridine rings is 1. The summed E-state index contributed by atoms with van der Waals surface area (Å²) >= 11 is 0. The van der Waals surface area contributed by atoms with Crippen LogP contribution in [0.1, 0.15) is 13.3 Å². The van der Waals surface area contributed by atoms with Crippen LogP contribution in [0.3, 0.4) is 0 Å². The molecule has 0 fully saturated rings. The molecule has 102 valence electrons. The van der Waals surface area contributed by atoms with Crippen molar-refractivity contribution in [3.63, 3.8) is 0 Å². The number of fused-ring (bicyclic) bond motifs is 1. The molecule has 2 rings (SSSR count). The lowest BCUT2D eigenvalue weighted by Crippen LogP contribution is -2.29. The Morgan fingerprint density at radius 2 is 2.05 bits per heavy atom. The van der Waals surface area contributed by atoms with Crippen molar-refractivity contribution in [2.24, 2.45) is 5.73 Å². The Morgan fingerprint density at radius 1 is 1.32 bits per heavy atom. The summed E-state index contributed by atoms with van der Waals surface area (Å²) in [4.78, 5) is 4.35. The first kappa shape index (κ1) is 13.9. The van der Waals surface area contributed by atoms with Crippen LogP contribution in [0.25, 0.3) is 10.9 Å². The Balaban J connectivity index is 2.33. The van der Waals surface area contributed by atoms with Crippen LogP contribution in [0.4, 0.5) is 0 Å². The summed E-state index contributed by atoms with van der Waals surface area (Å²) in [5, 5.41) is 0.803. The maximum absolute atomic E-state index is 12.2. The topological polar surface area (TPSA) is 85.1 Å². The average Bonchev–Trinajstić information content (AvgIpc) is 2.37. The van der Waals surface area contributed by atoms with Crippen LogP contribution in [-0.2, 0) is 10.0 Å². The molecule has 0 unspecified atom stereocenters. The van der Waals surface area contributed by atoms with E-state index in [0.29, 0.717) is 18.5 Å². The molecule has 0 amide bonds. The largest absolute Gasteiger partial charge is 0.328 e. The minimum atomic E-state index is -3.55. The van der Waals surface area contributed by atoms with E-state index in [1.54, 1.807) is 24.4 Å². The molecule has 2 aromatic rings. The zero-order valence-electron chi connectivity index (χ0n) is 10.7. The summed E-state index contributed by atoms with van der Waals surface area (Å²) in [6, 6.07) is 8.69. The molecule has 1 aromatic carbocycles. The van der Waals surface area contributed by atoms with Crippen LogP contribution in [0.15, 0.2) is 41.4 Å². The number of hydrogen-bond donors (Lipinski definition) is 2. The lowest BCUT2D eigenvalue weighted by Gasteiger charge is -2.10. The first-order valence-electron chi connectivity index (χ1n) is 6.10. The van der Waals surface area contributed by atoms with E-state index < -0.39 is 10.0 Å². The van der Waals surface area contributed by atoms with Crippen molar-refractivity contribution >= 4 is 20.9 Å². The van der Waals surface area contributed by atoms with Crippen molar-refractivity contribution in [1.82, 2.24) is 9.71 Å². The molecule has 1 aromatic heterocycles. The maximum Gasteiger partial charge on any atom is 0.242 e. The third kappa shape index (κ3) is 3.28. The number of nitrogens with zero attached hydrogens (tertiary/aromatic N) is 1. The fraction of sp³-hybridized carbons (Fsp3) is 0.308. The zero-order chi connectivity index (χ0) is 13.9. The molecule has 0 spiro atoms. The van der Waals surface area contributed by atoms with Gasteiger partial charge in [0, 0.05) is 24.2 Å². The van der Waals surface area contributed by atoms with Crippen molar-refractivity contribution in [3.05, 3.63) is 36.5 Å². The highest BCUT2D eigenvalue weighted by molar-refractivity contribution is 7.89. The number of benzene rings is 1. The number of nitrogens with two attached hydrogens (primary N) is 1. The van der Waals surface area contributed by atoms with E-state index in [9.17, 15) is 8.42 Å². The summed E-state index contributed by atoms with van der Waals surface area (Å²) in [5.74, 6) is 0. The van der Waals surface area contributed by atoms with Gasteiger partial charge in [0.1, 0.15) is 4.90 Å². The molecule has 0 bridgehead atoms. The van der Waals surface area contributed by atoms with Crippen LogP contribution >= 0.6 is 0 Å². The van der Waals surface area contributed by atoms with Gasteiger partial charge in [0.15, 0.2) is 0 Å². The molecule has 5 nitrogen and oxygen atoms in total. The second-order valence-corrected chi connectivity index (χ2v) is 6.23. The SMILES string of the molecule is C[C@H](N)CCNS(=O)(=O)c1cccc2cccnc12. The first-order valence-corrected chi connectivity index (χ1v) is 7.58. The van der Waals surface area contributed by atoms with Gasteiger partial charge in [-0.05, 0) is 25.5 Å². The van der Waals surface area contributed by atoms with E-state index in [1.165, 1.54) is 0 Å². The molecule has 3 N–H and O–H groups in total. The van der Waals surface area contributed by atoms with Crippen LogP contribution < -0.4 is 10.5 Å². The molecule has 0 saturated heterocycles. The predicted molar refractivity (Wildman–Crippen MR) is 75.2 cm³/mol. The highest BCUT2D eigenvalue weighted by Crippen LogP contribution is 2.20. The normalized spacial score (nSPS) is 13.6. The average molecular weight is 279 g/mol. The van der Waals surface area contributed by atoms with E-state index in [-0.39, 0.29) is 10.9 Å². The van der Waals surface area contributed by atoms with Gasteiger partial charge in [-0.3, -0.25) is 4.98 Å². The molecule has 0 radical (unpaired) electrons. The van der Waals surface area contributed by atoms with Gasteiger partial charge in [0.05, 0.1) is 5.52 Å². The fourth-order valence-corrected chi connectivity index (χ4v) is 3.02. The van der Waals surface area contributed by atoms with Gasteiger partial charge >= 0.3 is 0 Å². The molecular weight excluding hydrogens is 262 g/mol. The molecule has 0 aliphatic heterocycles. The summed E-state index contributed by atoms with van der Waals surface area (Å²) < 4.78 is 27.0. The van der Waals surface area contributed by atoms with Gasteiger partial charge < -0.3 is 5.73 Å². The number of sulfonamides is 1. The van der Waals surface area contributed by atoms with E-state index in [1.807, 2.05) is 19.1 Å².